The maximum Gasteiger partial charge on any atom is 0.107 e. The van der Waals surface area contributed by atoms with Crippen LogP contribution in [-0.2, 0) is 4.74 Å². The molecule has 4 heteroatoms. The molecule has 1 aromatic rings. The zero-order valence-corrected chi connectivity index (χ0v) is 11.1. The molecule has 0 saturated carbocycles. The quantitative estimate of drug-likeness (QED) is 0.614. The lowest BCUT2D eigenvalue weighted by Gasteiger charge is -2.22. The molecule has 0 amide bonds. The minimum atomic E-state index is 0.643. The van der Waals surface area contributed by atoms with Crippen molar-refractivity contribution in [2.75, 3.05) is 19.5 Å². The Bertz CT molecular complexity index is 339. The summed E-state index contributed by atoms with van der Waals surface area (Å²) in [5.74, 6) is 0.643. The van der Waals surface area contributed by atoms with Crippen molar-refractivity contribution in [1.82, 2.24) is 4.98 Å². The van der Waals surface area contributed by atoms with Crippen molar-refractivity contribution in [3.63, 3.8) is 0 Å². The number of ether oxygens (including phenoxy) is 1. The van der Waals surface area contributed by atoms with Crippen molar-refractivity contribution in [1.29, 1.82) is 0 Å². The molecule has 2 rings (SSSR count). The molecular weight excluding hydrogens is 274 g/mol. The van der Waals surface area contributed by atoms with Crippen LogP contribution in [0.25, 0.3) is 0 Å². The van der Waals surface area contributed by atoms with Crippen LogP contribution in [0.4, 0.5) is 0 Å². The summed E-state index contributed by atoms with van der Waals surface area (Å²) < 4.78 is 6.32. The van der Waals surface area contributed by atoms with Gasteiger partial charge in [0.2, 0.25) is 0 Å². The van der Waals surface area contributed by atoms with Crippen LogP contribution in [0, 0.1) is 0 Å². The molecule has 1 aromatic heterocycles. The first-order valence-electron chi connectivity index (χ1n) is 5.09. The predicted octanol–water partition coefficient (Wildman–Crippen LogP) is 3.46. The molecule has 2 heterocycles. The van der Waals surface area contributed by atoms with E-state index in [2.05, 4.69) is 39.3 Å². The zero-order chi connectivity index (χ0) is 10.7. The lowest BCUT2D eigenvalue weighted by molar-refractivity contribution is 0.0852. The van der Waals surface area contributed by atoms with E-state index in [0.717, 1.165) is 35.7 Å². The fourth-order valence-electron chi connectivity index (χ4n) is 1.86. The van der Waals surface area contributed by atoms with Gasteiger partial charge in [-0.15, -0.1) is 11.8 Å². The van der Waals surface area contributed by atoms with Crippen molar-refractivity contribution >= 4 is 27.7 Å². The molecule has 0 unspecified atom stereocenters. The van der Waals surface area contributed by atoms with Crippen molar-refractivity contribution in [2.24, 2.45) is 0 Å². The summed E-state index contributed by atoms with van der Waals surface area (Å²) in [4.78, 5) is 4.40. The van der Waals surface area contributed by atoms with Crippen LogP contribution >= 0.6 is 27.7 Å². The van der Waals surface area contributed by atoms with Crippen LogP contribution in [0.15, 0.2) is 21.8 Å². The highest BCUT2D eigenvalue weighted by molar-refractivity contribution is 9.10. The largest absolute Gasteiger partial charge is 0.381 e. The summed E-state index contributed by atoms with van der Waals surface area (Å²) in [6, 6.07) is 4.33. The average Bonchev–Trinajstić information content (AvgIpc) is 2.29. The van der Waals surface area contributed by atoms with E-state index in [4.69, 9.17) is 4.74 Å². The van der Waals surface area contributed by atoms with Gasteiger partial charge in [0.05, 0.1) is 5.03 Å². The number of aromatic nitrogens is 1. The normalized spacial score (nSPS) is 18.0. The van der Waals surface area contributed by atoms with Gasteiger partial charge in [0.1, 0.15) is 4.60 Å². The van der Waals surface area contributed by atoms with Crippen LogP contribution in [0.3, 0.4) is 0 Å². The Morgan fingerprint density at radius 1 is 1.40 bits per heavy atom. The molecule has 2 nitrogen and oxygen atoms in total. The summed E-state index contributed by atoms with van der Waals surface area (Å²) in [5, 5.41) is 1.09. The van der Waals surface area contributed by atoms with Crippen molar-refractivity contribution in [3.05, 3.63) is 22.3 Å². The molecule has 0 N–H and O–H groups in total. The fraction of sp³-hybridized carbons (Fsp3) is 0.545. The predicted molar refractivity (Wildman–Crippen MR) is 66.5 cm³/mol. The van der Waals surface area contributed by atoms with E-state index in [0.29, 0.717) is 5.92 Å². The third-order valence-corrected chi connectivity index (χ3v) is 3.73. The second-order valence-electron chi connectivity index (χ2n) is 3.65. The van der Waals surface area contributed by atoms with Gasteiger partial charge >= 0.3 is 0 Å². The SMILES string of the molecule is CSc1cc(C2CCOCC2)cc(Br)n1. The minimum absolute atomic E-state index is 0.643. The van der Waals surface area contributed by atoms with E-state index in [-0.39, 0.29) is 0 Å². The number of pyridine rings is 1. The van der Waals surface area contributed by atoms with Crippen molar-refractivity contribution in [2.45, 2.75) is 23.8 Å². The molecule has 0 radical (unpaired) electrons. The number of thioether (sulfide) groups is 1. The number of nitrogens with zero attached hydrogens (tertiary/aromatic N) is 1. The lowest BCUT2D eigenvalue weighted by atomic mass is 9.93. The summed E-state index contributed by atoms with van der Waals surface area (Å²) in [5.41, 5.74) is 1.39. The highest BCUT2D eigenvalue weighted by atomic mass is 79.9. The Hall–Kier alpha value is -0.0600. The summed E-state index contributed by atoms with van der Waals surface area (Å²) in [6.45, 7) is 1.78. The monoisotopic (exact) mass is 287 g/mol. The van der Waals surface area contributed by atoms with Crippen LogP contribution < -0.4 is 0 Å². The number of hydrogen-bond donors (Lipinski definition) is 0. The second-order valence-corrected chi connectivity index (χ2v) is 5.29. The van der Waals surface area contributed by atoms with Crippen LogP contribution in [-0.4, -0.2) is 24.5 Å². The van der Waals surface area contributed by atoms with Gasteiger partial charge in [-0.05, 0) is 58.6 Å². The fourth-order valence-corrected chi connectivity index (χ4v) is 2.88. The number of rotatable bonds is 2. The molecule has 15 heavy (non-hydrogen) atoms. The van der Waals surface area contributed by atoms with Gasteiger partial charge < -0.3 is 4.74 Å². The van der Waals surface area contributed by atoms with E-state index >= 15 is 0 Å². The second kappa shape index (κ2) is 5.32. The van der Waals surface area contributed by atoms with E-state index in [1.807, 2.05) is 0 Å². The van der Waals surface area contributed by atoms with E-state index in [1.165, 1.54) is 5.56 Å². The maximum atomic E-state index is 5.38. The van der Waals surface area contributed by atoms with E-state index in [9.17, 15) is 0 Å². The topological polar surface area (TPSA) is 22.1 Å². The molecule has 0 atom stereocenters. The van der Waals surface area contributed by atoms with Crippen LogP contribution in [0.2, 0.25) is 0 Å². The first-order valence-corrected chi connectivity index (χ1v) is 7.10. The standard InChI is InChI=1S/C11H14BrNOS/c1-15-11-7-9(6-10(12)13-11)8-2-4-14-5-3-8/h6-8H,2-5H2,1H3. The zero-order valence-electron chi connectivity index (χ0n) is 8.70. The third kappa shape index (κ3) is 2.95. The van der Waals surface area contributed by atoms with Crippen molar-refractivity contribution in [3.8, 4) is 0 Å². The molecule has 1 aliphatic heterocycles. The van der Waals surface area contributed by atoms with Gasteiger partial charge in [0.25, 0.3) is 0 Å². The first kappa shape index (κ1) is 11.4. The van der Waals surface area contributed by atoms with Crippen LogP contribution in [0.1, 0.15) is 24.3 Å². The molecule has 0 spiro atoms. The Morgan fingerprint density at radius 3 is 2.80 bits per heavy atom. The summed E-state index contributed by atoms with van der Waals surface area (Å²) >= 11 is 5.15. The highest BCUT2D eigenvalue weighted by Crippen LogP contribution is 2.30. The lowest BCUT2D eigenvalue weighted by Crippen LogP contribution is -2.14. The summed E-state index contributed by atoms with van der Waals surface area (Å²) in [7, 11) is 0. The van der Waals surface area contributed by atoms with Crippen LogP contribution in [0.5, 0.6) is 0 Å². The van der Waals surface area contributed by atoms with Gasteiger partial charge in [0.15, 0.2) is 0 Å². The Kier molecular flexibility index (Phi) is 4.05. The molecule has 0 bridgehead atoms. The Balaban J connectivity index is 2.22. The van der Waals surface area contributed by atoms with Gasteiger partial charge in [-0.1, -0.05) is 0 Å². The minimum Gasteiger partial charge on any atom is -0.381 e. The van der Waals surface area contributed by atoms with Gasteiger partial charge in [-0.25, -0.2) is 4.98 Å². The molecule has 1 fully saturated rings. The van der Waals surface area contributed by atoms with Gasteiger partial charge in [-0.3, -0.25) is 0 Å². The number of halogens is 1. The molecular formula is C11H14BrNOS. The highest BCUT2D eigenvalue weighted by Gasteiger charge is 2.16. The summed E-state index contributed by atoms with van der Waals surface area (Å²) in [6.07, 6.45) is 4.32. The third-order valence-electron chi connectivity index (χ3n) is 2.69. The Morgan fingerprint density at radius 2 is 2.13 bits per heavy atom. The molecule has 1 aliphatic rings. The van der Waals surface area contributed by atoms with E-state index in [1.54, 1.807) is 11.8 Å². The van der Waals surface area contributed by atoms with Gasteiger partial charge in [0, 0.05) is 13.2 Å². The molecule has 1 saturated heterocycles. The smallest absolute Gasteiger partial charge is 0.107 e. The first-order chi connectivity index (χ1) is 7.29. The maximum absolute atomic E-state index is 5.38. The Labute approximate surface area is 103 Å². The van der Waals surface area contributed by atoms with E-state index < -0.39 is 0 Å². The molecule has 0 aromatic carbocycles. The number of hydrogen-bond acceptors (Lipinski definition) is 3. The van der Waals surface area contributed by atoms with Crippen molar-refractivity contribution < 1.29 is 4.74 Å². The molecule has 82 valence electrons. The average molecular weight is 288 g/mol. The van der Waals surface area contributed by atoms with Gasteiger partial charge in [-0.2, -0.15) is 0 Å². The molecule has 0 aliphatic carbocycles.